The van der Waals surface area contributed by atoms with Crippen molar-refractivity contribution in [3.05, 3.63) is 119 Å². The Bertz CT molecular complexity index is 1250. The van der Waals surface area contributed by atoms with Gasteiger partial charge in [0.15, 0.2) is 0 Å². The van der Waals surface area contributed by atoms with Crippen LogP contribution in [0.15, 0.2) is 97.1 Å². The fourth-order valence-electron chi connectivity index (χ4n) is 5.28. The minimum atomic E-state index is -0.225. The molecule has 0 spiro atoms. The monoisotopic (exact) mass is 857 g/mol. The van der Waals surface area contributed by atoms with Crippen LogP contribution in [0, 0.1) is 0 Å². The molecule has 2 aliphatic carbocycles. The van der Waals surface area contributed by atoms with Gasteiger partial charge in [0, 0.05) is 25.7 Å². The number of benzene rings is 4. The number of halogens is 3. The number of hydrogen-bond acceptors (Lipinski definition) is 4. The van der Waals surface area contributed by atoms with Gasteiger partial charge in [0.05, 0.1) is 0 Å². The molecule has 202 valence electrons. The summed E-state index contributed by atoms with van der Waals surface area (Å²) in [4.78, 5) is 22.0. The van der Waals surface area contributed by atoms with Gasteiger partial charge in [-0.05, 0) is 44.5 Å². The van der Waals surface area contributed by atoms with Crippen molar-refractivity contribution in [2.24, 2.45) is 0 Å². The number of fused-ring (bicyclic) bond motifs is 6. The number of esters is 2. The van der Waals surface area contributed by atoms with E-state index >= 15 is 0 Å². The Morgan fingerprint density at radius 2 is 0.795 bits per heavy atom. The first-order valence-corrected chi connectivity index (χ1v) is 25.0. The molecular weight excluding hydrogens is 829 g/mol. The van der Waals surface area contributed by atoms with Gasteiger partial charge in [-0.3, -0.25) is 9.59 Å². The number of carbonyl (C=O) groups is 2. The molecule has 0 N–H and O–H groups in total. The third-order valence-electron chi connectivity index (χ3n) is 6.83. The summed E-state index contributed by atoms with van der Waals surface area (Å²) in [6.45, 7) is 3.74. The molecule has 0 aromatic heterocycles. The van der Waals surface area contributed by atoms with Crippen LogP contribution in [0.25, 0.3) is 22.3 Å². The molecule has 0 heterocycles. The number of ether oxygens (including phenoxy) is 2. The van der Waals surface area contributed by atoms with E-state index in [1.54, 1.807) is 0 Å². The molecule has 0 bridgehead atoms. The van der Waals surface area contributed by atoms with Crippen LogP contribution in [0.4, 0.5) is 0 Å². The van der Waals surface area contributed by atoms with E-state index in [2.05, 4.69) is 85.8 Å². The van der Waals surface area contributed by atoms with E-state index in [1.165, 1.54) is 58.4 Å². The molecule has 0 saturated heterocycles. The molecular formula is C32H28I3O4-. The zero-order valence-corrected chi connectivity index (χ0v) is 28.0. The normalized spacial score (nSPS) is 12.5. The van der Waals surface area contributed by atoms with Crippen molar-refractivity contribution in [1.29, 1.82) is 0 Å². The fourth-order valence-corrected chi connectivity index (χ4v) is 5.28. The van der Waals surface area contributed by atoms with Gasteiger partial charge in [-0.1, -0.05) is 97.1 Å². The van der Waals surface area contributed by atoms with E-state index in [-0.39, 0.29) is 23.8 Å². The first kappa shape index (κ1) is 30.0. The molecule has 2 aliphatic rings. The third-order valence-corrected chi connectivity index (χ3v) is 6.83. The van der Waals surface area contributed by atoms with Gasteiger partial charge in [0.25, 0.3) is 0 Å². The second kappa shape index (κ2) is 14.6. The Hall–Kier alpha value is -1.99. The van der Waals surface area contributed by atoms with Crippen molar-refractivity contribution in [1.82, 2.24) is 0 Å². The van der Waals surface area contributed by atoms with Crippen molar-refractivity contribution in [3.63, 3.8) is 0 Å². The van der Waals surface area contributed by atoms with Gasteiger partial charge >= 0.3 is 62.4 Å². The zero-order valence-electron chi connectivity index (χ0n) is 21.6. The predicted molar refractivity (Wildman–Crippen MR) is 169 cm³/mol. The van der Waals surface area contributed by atoms with Crippen molar-refractivity contribution in [2.75, 3.05) is 13.2 Å². The van der Waals surface area contributed by atoms with Gasteiger partial charge in [-0.25, -0.2) is 0 Å². The molecule has 0 saturated carbocycles. The van der Waals surface area contributed by atoms with Crippen LogP contribution >= 0.6 is 37.2 Å². The maximum atomic E-state index is 11.0. The van der Waals surface area contributed by atoms with Crippen LogP contribution < -0.4 is 13.3 Å². The summed E-state index contributed by atoms with van der Waals surface area (Å²) in [5, 5.41) is 0. The SMILES string of the molecule is CC(=O)OCC1c2ccccc2-c2ccccc21.CC(=O)OCC1c2ccccc2-c2ccccc21.I[I-]I. The predicted octanol–water partition coefficient (Wildman–Crippen LogP) is 5.50. The topological polar surface area (TPSA) is 52.6 Å². The van der Waals surface area contributed by atoms with E-state index < -0.39 is 0 Å². The second-order valence-corrected chi connectivity index (χ2v) is 25.4. The Kier molecular flexibility index (Phi) is 11.2. The molecule has 4 nitrogen and oxygen atoms in total. The number of rotatable bonds is 4. The summed E-state index contributed by atoms with van der Waals surface area (Å²) in [5.74, 6) is -0.115. The van der Waals surface area contributed by atoms with E-state index in [1.807, 2.05) is 48.5 Å². The van der Waals surface area contributed by atoms with E-state index in [9.17, 15) is 9.59 Å². The Balaban J connectivity index is 0.000000165. The van der Waals surface area contributed by atoms with Crippen LogP contribution in [0.1, 0.15) is 47.9 Å². The average molecular weight is 857 g/mol. The Labute approximate surface area is 259 Å². The molecule has 0 fully saturated rings. The molecule has 4 aromatic rings. The summed E-state index contributed by atoms with van der Waals surface area (Å²) in [6.07, 6.45) is 0. The minimum absolute atomic E-state index is 0.168. The molecule has 0 radical (unpaired) electrons. The van der Waals surface area contributed by atoms with E-state index in [0.717, 1.165) is 0 Å². The first-order chi connectivity index (χ1) is 19.0. The van der Waals surface area contributed by atoms with Gasteiger partial charge in [-0.15, -0.1) is 0 Å². The molecule has 0 atom stereocenters. The molecule has 0 unspecified atom stereocenters. The molecule has 0 amide bonds. The summed E-state index contributed by atoms with van der Waals surface area (Å²) >= 11 is 5.30. The van der Waals surface area contributed by atoms with Gasteiger partial charge < -0.3 is 9.47 Å². The van der Waals surface area contributed by atoms with E-state index in [0.29, 0.717) is 26.5 Å². The Morgan fingerprint density at radius 1 is 0.564 bits per heavy atom. The van der Waals surface area contributed by atoms with Gasteiger partial charge in [0.1, 0.15) is 13.2 Å². The molecule has 7 heteroatoms. The van der Waals surface area contributed by atoms with Crippen LogP contribution in [-0.4, -0.2) is 25.2 Å². The van der Waals surface area contributed by atoms with Crippen molar-refractivity contribution in [2.45, 2.75) is 25.7 Å². The zero-order chi connectivity index (χ0) is 27.8. The molecule has 6 rings (SSSR count). The summed E-state index contributed by atoms with van der Waals surface area (Å²) in [6, 6.07) is 33.3. The second-order valence-electron chi connectivity index (χ2n) is 9.11. The first-order valence-electron chi connectivity index (χ1n) is 12.5. The Morgan fingerprint density at radius 3 is 1.03 bits per heavy atom. The van der Waals surface area contributed by atoms with Crippen molar-refractivity contribution >= 4 is 49.2 Å². The molecule has 0 aliphatic heterocycles. The average Bonchev–Trinajstić information content (AvgIpc) is 3.44. The molecule has 39 heavy (non-hydrogen) atoms. The molecule has 4 aromatic carbocycles. The maximum absolute atomic E-state index is 11.0. The quantitative estimate of drug-likeness (QED) is 0.201. The third kappa shape index (κ3) is 7.21. The van der Waals surface area contributed by atoms with E-state index in [4.69, 9.17) is 9.47 Å². The van der Waals surface area contributed by atoms with Crippen LogP contribution in [0.3, 0.4) is 0 Å². The van der Waals surface area contributed by atoms with Crippen molar-refractivity contribution < 1.29 is 32.3 Å². The van der Waals surface area contributed by atoms with Crippen LogP contribution in [-0.2, 0) is 19.1 Å². The number of carbonyl (C=O) groups excluding carboxylic acids is 2. The van der Waals surface area contributed by atoms with Crippen LogP contribution in [0.2, 0.25) is 0 Å². The summed E-state index contributed by atoms with van der Waals surface area (Å²) in [5.41, 5.74) is 10.0. The van der Waals surface area contributed by atoms with Gasteiger partial charge in [-0.2, -0.15) is 0 Å². The summed E-state index contributed by atoms with van der Waals surface area (Å²) in [7, 11) is 0. The van der Waals surface area contributed by atoms with Crippen LogP contribution in [0.5, 0.6) is 0 Å². The standard InChI is InChI=1S/2C16H14O2.I3/c2*1-11(17)18-10-16-14-8-4-2-6-12(14)13-7-3-5-9-15(13)16;1-3-2/h2*2-9,16H,10H2,1H3;/q;;-1. The fraction of sp³-hybridized carbons (Fsp3) is 0.188. The summed E-state index contributed by atoms with van der Waals surface area (Å²) < 4.78 is 10.4. The number of hydrogen-bond donors (Lipinski definition) is 0. The van der Waals surface area contributed by atoms with Gasteiger partial charge in [0.2, 0.25) is 0 Å². The van der Waals surface area contributed by atoms with Crippen molar-refractivity contribution in [3.8, 4) is 22.3 Å².